The fourth-order valence-corrected chi connectivity index (χ4v) is 6.47. The van der Waals surface area contributed by atoms with Gasteiger partial charge < -0.3 is 0 Å². The Morgan fingerprint density at radius 2 is 1.87 bits per heavy atom. The highest BCUT2D eigenvalue weighted by Crippen LogP contribution is 2.48. The van der Waals surface area contributed by atoms with Gasteiger partial charge in [-0.3, -0.25) is 10.2 Å². The average Bonchev–Trinajstić information content (AvgIpc) is 3.35. The van der Waals surface area contributed by atoms with Gasteiger partial charge in [-0.05, 0) is 44.0 Å². The van der Waals surface area contributed by atoms with Gasteiger partial charge in [0.25, 0.3) is 0 Å². The molecular weight excluding hydrogens is 433 g/mol. The van der Waals surface area contributed by atoms with Crippen molar-refractivity contribution in [3.05, 3.63) is 58.9 Å². The first kappa shape index (κ1) is 20.2. The van der Waals surface area contributed by atoms with Crippen molar-refractivity contribution in [2.45, 2.75) is 55.3 Å². The summed E-state index contributed by atoms with van der Waals surface area (Å²) in [4.78, 5) is 4.26. The maximum absolute atomic E-state index is 13.5. The smallest absolute Gasteiger partial charge is 0.282 e. The molecule has 1 saturated heterocycles. The molecule has 0 aliphatic carbocycles. The van der Waals surface area contributed by atoms with Gasteiger partial charge >= 0.3 is 6.18 Å². The van der Waals surface area contributed by atoms with Crippen LogP contribution in [0, 0.1) is 6.92 Å². The number of hydrogen-bond donors (Lipinski definition) is 2. The number of halogens is 3. The van der Waals surface area contributed by atoms with Crippen LogP contribution in [0.3, 0.4) is 0 Å². The number of H-pyrrole nitrogens is 2. The first-order valence-corrected chi connectivity index (χ1v) is 11.2. The monoisotopic (exact) mass is 452 g/mol. The highest BCUT2D eigenvalue weighted by molar-refractivity contribution is 7.89. The summed E-state index contributed by atoms with van der Waals surface area (Å²) in [5.74, 6) is 1.29. The summed E-state index contributed by atoms with van der Waals surface area (Å²) >= 11 is 0. The number of aryl methyl sites for hydroxylation is 1. The third-order valence-corrected chi connectivity index (χ3v) is 7.99. The van der Waals surface area contributed by atoms with Gasteiger partial charge in [0, 0.05) is 29.6 Å². The minimum atomic E-state index is -4.53. The minimum absolute atomic E-state index is 0.0398. The summed E-state index contributed by atoms with van der Waals surface area (Å²) < 4.78 is 67.2. The molecule has 2 aliphatic rings. The number of hydrogen-bond acceptors (Lipinski definition) is 5. The quantitative estimate of drug-likeness (QED) is 0.635. The zero-order valence-corrected chi connectivity index (χ0v) is 17.2. The van der Waals surface area contributed by atoms with Crippen LogP contribution in [0.5, 0.6) is 0 Å². The highest BCUT2D eigenvalue weighted by atomic mass is 32.2. The van der Waals surface area contributed by atoms with Gasteiger partial charge in [-0.1, -0.05) is 0 Å². The Hall–Kier alpha value is -2.73. The van der Waals surface area contributed by atoms with Gasteiger partial charge in [0.05, 0.1) is 22.7 Å². The second-order valence-electron chi connectivity index (χ2n) is 7.98. The first-order chi connectivity index (χ1) is 14.6. The summed E-state index contributed by atoms with van der Waals surface area (Å²) in [5, 5.41) is 14.1. The lowest BCUT2D eigenvalue weighted by molar-refractivity contribution is -0.137. The van der Waals surface area contributed by atoms with Crippen LogP contribution < -0.4 is 0 Å². The third-order valence-electron chi connectivity index (χ3n) is 6.02. The van der Waals surface area contributed by atoms with Crippen molar-refractivity contribution in [3.8, 4) is 0 Å². The van der Waals surface area contributed by atoms with Crippen LogP contribution in [0.15, 0.2) is 35.4 Å². The molecule has 8 nitrogen and oxygen atoms in total. The molecule has 3 unspecified atom stereocenters. The summed E-state index contributed by atoms with van der Waals surface area (Å²) in [6, 6.07) is 2.76. The lowest BCUT2D eigenvalue weighted by atomic mass is 9.79. The molecule has 164 valence electrons. The summed E-state index contributed by atoms with van der Waals surface area (Å²) in [6.45, 7) is 1.80. The molecule has 0 amide bonds. The Morgan fingerprint density at radius 3 is 2.52 bits per heavy atom. The van der Waals surface area contributed by atoms with Crippen LogP contribution >= 0.6 is 0 Å². The zero-order chi connectivity index (χ0) is 22.0. The molecule has 0 spiro atoms. The Morgan fingerprint density at radius 1 is 1.13 bits per heavy atom. The van der Waals surface area contributed by atoms with Crippen LogP contribution in [0.2, 0.25) is 0 Å². The van der Waals surface area contributed by atoms with E-state index in [1.54, 1.807) is 13.1 Å². The molecule has 2 aliphatic heterocycles. The van der Waals surface area contributed by atoms with E-state index in [0.717, 1.165) is 35.5 Å². The molecule has 0 radical (unpaired) electrons. The van der Waals surface area contributed by atoms with Crippen molar-refractivity contribution in [1.29, 1.82) is 0 Å². The van der Waals surface area contributed by atoms with E-state index in [1.165, 1.54) is 4.31 Å². The average molecular weight is 452 g/mol. The second kappa shape index (κ2) is 6.89. The predicted octanol–water partition coefficient (Wildman–Crippen LogP) is 3.09. The molecule has 12 heteroatoms. The fraction of sp³-hybridized carbons (Fsp3) is 0.421. The topological polar surface area (TPSA) is 108 Å². The molecule has 2 N–H and O–H groups in total. The highest BCUT2D eigenvalue weighted by Gasteiger charge is 2.49. The zero-order valence-electron chi connectivity index (χ0n) is 16.4. The Balaban J connectivity index is 1.53. The Labute approximate surface area is 175 Å². The molecule has 2 bridgehead atoms. The van der Waals surface area contributed by atoms with Crippen molar-refractivity contribution < 1.29 is 21.6 Å². The number of aromatic nitrogens is 5. The van der Waals surface area contributed by atoms with Crippen molar-refractivity contribution in [2.75, 3.05) is 0 Å². The largest absolute Gasteiger partial charge is 0.416 e. The number of piperidine rings is 1. The van der Waals surface area contributed by atoms with Gasteiger partial charge in [0.15, 0.2) is 5.82 Å². The van der Waals surface area contributed by atoms with Gasteiger partial charge in [0.1, 0.15) is 5.82 Å². The number of benzene rings is 1. The normalized spacial score (nSPS) is 24.2. The van der Waals surface area contributed by atoms with E-state index < -0.39 is 27.8 Å². The standard InChI is InChI=1S/C19H19F3N6O2S/c1-10-24-18(27-25-10)11-6-13-8-16-15(9-23-26-16)17(7-11)28(13)31(29,30)14-4-2-12(3-5-14)19(20,21)22/h2-5,9,11,13,17H,6-8H2,1H3,(H,23,26)(H,24,25,27). The third kappa shape index (κ3) is 3.33. The number of rotatable bonds is 3. The van der Waals surface area contributed by atoms with E-state index >= 15 is 0 Å². The summed E-state index contributed by atoms with van der Waals surface area (Å²) in [6.07, 6.45) is -1.51. The molecular formula is C19H19F3N6O2S. The molecule has 1 fully saturated rings. The molecule has 5 rings (SSSR count). The number of aromatic amines is 2. The van der Waals surface area contributed by atoms with E-state index in [9.17, 15) is 21.6 Å². The van der Waals surface area contributed by atoms with E-state index in [1.807, 2.05) is 0 Å². The van der Waals surface area contributed by atoms with Crippen LogP contribution in [0.1, 0.15) is 53.3 Å². The van der Waals surface area contributed by atoms with Crippen LogP contribution in [0.4, 0.5) is 13.2 Å². The molecule has 3 atom stereocenters. The first-order valence-electron chi connectivity index (χ1n) is 9.76. The molecule has 2 aromatic heterocycles. The molecule has 1 aromatic carbocycles. The maximum Gasteiger partial charge on any atom is 0.416 e. The van der Waals surface area contributed by atoms with Gasteiger partial charge in [-0.25, -0.2) is 13.4 Å². The predicted molar refractivity (Wildman–Crippen MR) is 102 cm³/mol. The minimum Gasteiger partial charge on any atom is -0.282 e. The van der Waals surface area contributed by atoms with Crippen molar-refractivity contribution in [3.63, 3.8) is 0 Å². The van der Waals surface area contributed by atoms with Crippen molar-refractivity contribution in [1.82, 2.24) is 29.7 Å². The van der Waals surface area contributed by atoms with E-state index in [2.05, 4.69) is 25.4 Å². The Bertz CT molecular complexity index is 1220. The van der Waals surface area contributed by atoms with Crippen LogP contribution in [-0.4, -0.2) is 44.1 Å². The van der Waals surface area contributed by atoms with Gasteiger partial charge in [-0.2, -0.15) is 27.7 Å². The second-order valence-corrected chi connectivity index (χ2v) is 9.83. The molecule has 4 heterocycles. The summed E-state index contributed by atoms with van der Waals surface area (Å²) in [7, 11) is -4.03. The van der Waals surface area contributed by atoms with Crippen molar-refractivity contribution in [2.24, 2.45) is 0 Å². The van der Waals surface area contributed by atoms with E-state index in [-0.39, 0.29) is 16.9 Å². The van der Waals surface area contributed by atoms with Gasteiger partial charge in [-0.15, -0.1) is 0 Å². The van der Waals surface area contributed by atoms with Gasteiger partial charge in [0.2, 0.25) is 10.0 Å². The molecule has 31 heavy (non-hydrogen) atoms. The SMILES string of the molecule is Cc1nc(C2CC3Cc4[nH]ncc4C(C2)N3S(=O)(=O)c2ccc(C(F)(F)F)cc2)n[nH]1. The van der Waals surface area contributed by atoms with Crippen LogP contribution in [-0.2, 0) is 22.6 Å². The lowest BCUT2D eigenvalue weighted by Crippen LogP contribution is -2.51. The molecule has 0 saturated carbocycles. The van der Waals surface area contributed by atoms with Crippen molar-refractivity contribution >= 4 is 10.0 Å². The maximum atomic E-state index is 13.5. The molecule has 3 aromatic rings. The van der Waals surface area contributed by atoms with E-state index in [4.69, 9.17) is 0 Å². The number of nitrogens with zero attached hydrogens (tertiary/aromatic N) is 4. The number of nitrogens with one attached hydrogen (secondary N) is 2. The van der Waals surface area contributed by atoms with Crippen LogP contribution in [0.25, 0.3) is 0 Å². The number of fused-ring (bicyclic) bond motifs is 4. The number of alkyl halides is 3. The number of sulfonamides is 1. The Kier molecular flexibility index (Phi) is 4.49. The fourth-order valence-electron chi connectivity index (χ4n) is 4.66. The van der Waals surface area contributed by atoms with E-state index in [0.29, 0.717) is 30.9 Å². The lowest BCUT2D eigenvalue weighted by Gasteiger charge is -2.46. The summed E-state index contributed by atoms with van der Waals surface area (Å²) in [5.41, 5.74) is 0.782.